The quantitative estimate of drug-likeness (QED) is 0.735. The van der Waals surface area contributed by atoms with Crippen LogP contribution in [0.15, 0.2) is 36.4 Å². The number of para-hydroxylation sites is 1. The van der Waals surface area contributed by atoms with Crippen molar-refractivity contribution in [1.29, 1.82) is 0 Å². The molecule has 1 atom stereocenters. The number of aromatic nitrogens is 1. The van der Waals surface area contributed by atoms with E-state index in [9.17, 15) is 19.1 Å². The summed E-state index contributed by atoms with van der Waals surface area (Å²) in [6.45, 7) is 3.28. The molecule has 27 heavy (non-hydrogen) atoms. The summed E-state index contributed by atoms with van der Waals surface area (Å²) in [5.74, 6) is -1.62. The molecule has 1 aliphatic heterocycles. The number of amides is 1. The highest BCUT2D eigenvalue weighted by molar-refractivity contribution is 7.22. The van der Waals surface area contributed by atoms with Crippen LogP contribution in [0.1, 0.15) is 18.9 Å². The van der Waals surface area contributed by atoms with Gasteiger partial charge in [-0.2, -0.15) is 0 Å². The zero-order valence-electron chi connectivity index (χ0n) is 14.5. The zero-order chi connectivity index (χ0) is 19.3. The molecule has 1 N–H and O–H groups in total. The van der Waals surface area contributed by atoms with Crippen LogP contribution in [0.2, 0.25) is 0 Å². The first-order valence-electron chi connectivity index (χ1n) is 8.19. The van der Waals surface area contributed by atoms with Gasteiger partial charge in [0, 0.05) is 0 Å². The molecule has 2 aromatic carbocycles. The van der Waals surface area contributed by atoms with Crippen LogP contribution >= 0.6 is 11.3 Å². The van der Waals surface area contributed by atoms with Gasteiger partial charge in [0.05, 0.1) is 22.3 Å². The van der Waals surface area contributed by atoms with Crippen LogP contribution in [-0.2, 0) is 9.59 Å². The molecule has 6 nitrogen and oxygen atoms in total. The van der Waals surface area contributed by atoms with Crippen LogP contribution in [-0.4, -0.2) is 27.6 Å². The number of nitrogens with zero attached hydrogens (tertiary/aromatic N) is 2. The summed E-state index contributed by atoms with van der Waals surface area (Å²) < 4.78 is 20.0. The molecule has 0 saturated heterocycles. The maximum atomic E-state index is 13.5. The van der Waals surface area contributed by atoms with Crippen molar-refractivity contribution in [3.05, 3.63) is 47.8 Å². The molecule has 0 fully saturated rings. The van der Waals surface area contributed by atoms with Gasteiger partial charge >= 0.3 is 5.97 Å². The number of anilines is 2. The monoisotopic (exact) mass is 386 g/mol. The number of benzene rings is 2. The molecule has 8 heteroatoms. The van der Waals surface area contributed by atoms with Gasteiger partial charge in [-0.05, 0) is 43.7 Å². The van der Waals surface area contributed by atoms with Crippen LogP contribution < -0.4 is 9.64 Å². The minimum absolute atomic E-state index is 0.340. The van der Waals surface area contributed by atoms with E-state index in [0.717, 1.165) is 16.9 Å². The lowest BCUT2D eigenvalue weighted by Gasteiger charge is -2.39. The van der Waals surface area contributed by atoms with Crippen LogP contribution in [0.25, 0.3) is 10.2 Å². The van der Waals surface area contributed by atoms with E-state index in [0.29, 0.717) is 26.8 Å². The first-order chi connectivity index (χ1) is 12.8. The maximum absolute atomic E-state index is 13.5. The van der Waals surface area contributed by atoms with Gasteiger partial charge in [-0.3, -0.25) is 9.59 Å². The SMILES string of the molecule is Cc1cccc2c1OC(C)(CC(=O)O)C(=O)N2c1nc2ccc(F)cc2s1. The lowest BCUT2D eigenvalue weighted by molar-refractivity contribution is -0.148. The van der Waals surface area contributed by atoms with Gasteiger partial charge in [0.1, 0.15) is 11.6 Å². The third-order valence-corrected chi connectivity index (χ3v) is 5.44. The van der Waals surface area contributed by atoms with Crippen molar-refractivity contribution < 1.29 is 23.8 Å². The molecular weight excluding hydrogens is 371 g/mol. The number of aryl methyl sites for hydroxylation is 1. The van der Waals surface area contributed by atoms with Crippen molar-refractivity contribution in [1.82, 2.24) is 4.98 Å². The van der Waals surface area contributed by atoms with E-state index >= 15 is 0 Å². The number of hydrogen-bond donors (Lipinski definition) is 1. The summed E-state index contributed by atoms with van der Waals surface area (Å²) in [6, 6.07) is 9.53. The normalized spacial score (nSPS) is 19.1. The molecular formula is C19H15FN2O4S. The van der Waals surface area contributed by atoms with Gasteiger partial charge in [-0.1, -0.05) is 23.5 Å². The van der Waals surface area contributed by atoms with Gasteiger partial charge in [-0.15, -0.1) is 0 Å². The minimum Gasteiger partial charge on any atom is -0.481 e. The van der Waals surface area contributed by atoms with Crippen molar-refractivity contribution in [3.63, 3.8) is 0 Å². The molecule has 1 aliphatic rings. The molecule has 0 bridgehead atoms. The number of fused-ring (bicyclic) bond motifs is 2. The second-order valence-corrected chi connectivity index (χ2v) is 7.58. The predicted molar refractivity (Wildman–Crippen MR) is 99.2 cm³/mol. The number of aliphatic carboxylic acids is 1. The number of thiazole rings is 1. The molecule has 1 aromatic heterocycles. The average Bonchev–Trinajstić information content (AvgIpc) is 2.99. The summed E-state index contributed by atoms with van der Waals surface area (Å²) in [5, 5.41) is 9.60. The zero-order valence-corrected chi connectivity index (χ0v) is 15.3. The molecule has 1 amide bonds. The van der Waals surface area contributed by atoms with E-state index in [1.807, 2.05) is 13.0 Å². The van der Waals surface area contributed by atoms with E-state index < -0.39 is 29.7 Å². The summed E-state index contributed by atoms with van der Waals surface area (Å²) in [6.07, 6.45) is -0.490. The van der Waals surface area contributed by atoms with Crippen LogP contribution in [0.4, 0.5) is 15.2 Å². The molecule has 2 heterocycles. The Balaban J connectivity index is 1.92. The van der Waals surface area contributed by atoms with Gasteiger partial charge < -0.3 is 9.84 Å². The average molecular weight is 386 g/mol. The van der Waals surface area contributed by atoms with Crippen LogP contribution in [0.5, 0.6) is 5.75 Å². The largest absolute Gasteiger partial charge is 0.481 e. The Morgan fingerprint density at radius 1 is 1.37 bits per heavy atom. The number of rotatable bonds is 3. The van der Waals surface area contributed by atoms with Crippen molar-refractivity contribution in [2.45, 2.75) is 25.9 Å². The van der Waals surface area contributed by atoms with E-state index in [-0.39, 0.29) is 0 Å². The van der Waals surface area contributed by atoms with Gasteiger partial charge in [0.2, 0.25) is 0 Å². The highest BCUT2D eigenvalue weighted by atomic mass is 32.1. The number of halogens is 1. The van der Waals surface area contributed by atoms with Gasteiger partial charge in [0.15, 0.2) is 10.7 Å². The van der Waals surface area contributed by atoms with Crippen LogP contribution in [0, 0.1) is 12.7 Å². The maximum Gasteiger partial charge on any atom is 0.307 e. The molecule has 3 aromatic rings. The van der Waals surface area contributed by atoms with Crippen molar-refractivity contribution in [2.75, 3.05) is 4.90 Å². The predicted octanol–water partition coefficient (Wildman–Crippen LogP) is 4.03. The fourth-order valence-corrected chi connectivity index (χ4v) is 4.14. The van der Waals surface area contributed by atoms with Crippen molar-refractivity contribution in [3.8, 4) is 5.75 Å². The summed E-state index contributed by atoms with van der Waals surface area (Å²) >= 11 is 1.16. The number of carbonyl (C=O) groups excluding carboxylic acids is 1. The summed E-state index contributed by atoms with van der Waals surface area (Å²) in [4.78, 5) is 30.4. The van der Waals surface area contributed by atoms with Gasteiger partial charge in [0.25, 0.3) is 5.91 Å². The lowest BCUT2D eigenvalue weighted by Crippen LogP contribution is -2.53. The Bertz CT molecular complexity index is 1100. The highest BCUT2D eigenvalue weighted by Crippen LogP contribution is 2.46. The fourth-order valence-electron chi connectivity index (χ4n) is 3.13. The molecule has 0 radical (unpaired) electrons. The molecule has 0 saturated carbocycles. The molecule has 0 aliphatic carbocycles. The fraction of sp³-hybridized carbons (Fsp3) is 0.211. The number of carboxylic acids is 1. The number of hydrogen-bond acceptors (Lipinski definition) is 5. The Morgan fingerprint density at radius 2 is 2.15 bits per heavy atom. The lowest BCUT2D eigenvalue weighted by atomic mass is 9.96. The smallest absolute Gasteiger partial charge is 0.307 e. The summed E-state index contributed by atoms with van der Waals surface area (Å²) in [5.41, 5.74) is 0.245. The highest BCUT2D eigenvalue weighted by Gasteiger charge is 2.48. The number of ether oxygens (including phenoxy) is 1. The molecule has 138 valence electrons. The van der Waals surface area contributed by atoms with E-state index in [1.165, 1.54) is 24.0 Å². The Labute approximate surface area is 157 Å². The van der Waals surface area contributed by atoms with Gasteiger partial charge in [-0.25, -0.2) is 14.3 Å². The van der Waals surface area contributed by atoms with Crippen molar-refractivity contribution >= 4 is 44.2 Å². The second-order valence-electron chi connectivity index (χ2n) is 6.58. The summed E-state index contributed by atoms with van der Waals surface area (Å²) in [7, 11) is 0. The Hall–Kier alpha value is -3.00. The minimum atomic E-state index is -1.58. The second kappa shape index (κ2) is 6.02. The Kier molecular flexibility index (Phi) is 3.88. The van der Waals surface area contributed by atoms with E-state index in [4.69, 9.17) is 4.74 Å². The standard InChI is InChI=1S/C19H15FN2O4S/c1-10-4-3-5-13-16(10)26-19(2,9-15(23)24)17(25)22(13)18-21-12-7-6-11(20)8-14(12)27-18/h3-8H,9H2,1-2H3,(H,23,24). The molecule has 1 unspecified atom stereocenters. The van der Waals surface area contributed by atoms with Crippen LogP contribution in [0.3, 0.4) is 0 Å². The van der Waals surface area contributed by atoms with E-state index in [1.54, 1.807) is 18.2 Å². The molecule has 4 rings (SSSR count). The first-order valence-corrected chi connectivity index (χ1v) is 9.01. The van der Waals surface area contributed by atoms with E-state index in [2.05, 4.69) is 4.98 Å². The Morgan fingerprint density at radius 3 is 2.89 bits per heavy atom. The first kappa shape index (κ1) is 17.4. The third kappa shape index (κ3) is 2.82. The molecule has 0 spiro atoms. The third-order valence-electron chi connectivity index (χ3n) is 4.43. The van der Waals surface area contributed by atoms with Crippen molar-refractivity contribution in [2.24, 2.45) is 0 Å². The number of carbonyl (C=O) groups is 2. The number of carboxylic acid groups (broad SMARTS) is 1. The topological polar surface area (TPSA) is 79.7 Å².